The van der Waals surface area contributed by atoms with Crippen molar-refractivity contribution in [1.29, 1.82) is 0 Å². The number of para-hydroxylation sites is 1. The summed E-state index contributed by atoms with van der Waals surface area (Å²) in [4.78, 5) is 36.3. The summed E-state index contributed by atoms with van der Waals surface area (Å²) >= 11 is 0. The summed E-state index contributed by atoms with van der Waals surface area (Å²) in [5, 5.41) is 8.45. The zero-order valence-corrected chi connectivity index (χ0v) is 15.6. The second-order valence-corrected chi connectivity index (χ2v) is 6.26. The SMILES string of the molecule is COC(=O)c1ccccc1NC(=O)CCC(=O)N1CCC(c2ccccc2)=N1. The minimum atomic E-state index is -0.535. The van der Waals surface area contributed by atoms with Crippen LogP contribution in [0.3, 0.4) is 0 Å². The van der Waals surface area contributed by atoms with Crippen molar-refractivity contribution >= 4 is 29.2 Å². The highest BCUT2D eigenvalue weighted by Crippen LogP contribution is 2.18. The molecule has 1 heterocycles. The summed E-state index contributed by atoms with van der Waals surface area (Å²) in [5.41, 5.74) is 2.49. The predicted molar refractivity (Wildman–Crippen MR) is 105 cm³/mol. The van der Waals surface area contributed by atoms with Gasteiger partial charge in [0.2, 0.25) is 11.8 Å². The van der Waals surface area contributed by atoms with Crippen molar-refractivity contribution in [3.8, 4) is 0 Å². The zero-order chi connectivity index (χ0) is 19.9. The average Bonchev–Trinajstić information content (AvgIpc) is 3.23. The van der Waals surface area contributed by atoms with Crippen molar-refractivity contribution in [1.82, 2.24) is 5.01 Å². The van der Waals surface area contributed by atoms with E-state index in [2.05, 4.69) is 10.4 Å². The Morgan fingerprint density at radius 1 is 1.04 bits per heavy atom. The van der Waals surface area contributed by atoms with Crippen LogP contribution in [-0.4, -0.2) is 42.2 Å². The number of esters is 1. The first-order chi connectivity index (χ1) is 13.6. The van der Waals surface area contributed by atoms with E-state index in [1.54, 1.807) is 24.3 Å². The highest BCUT2D eigenvalue weighted by atomic mass is 16.5. The first kappa shape index (κ1) is 19.3. The van der Waals surface area contributed by atoms with Gasteiger partial charge in [0.25, 0.3) is 0 Å². The first-order valence-electron chi connectivity index (χ1n) is 8.99. The molecule has 2 aromatic carbocycles. The Morgan fingerprint density at radius 3 is 2.50 bits per heavy atom. The molecular weight excluding hydrogens is 358 g/mol. The molecule has 3 rings (SSSR count). The minimum Gasteiger partial charge on any atom is -0.465 e. The fourth-order valence-electron chi connectivity index (χ4n) is 2.91. The van der Waals surface area contributed by atoms with E-state index in [4.69, 9.17) is 4.74 Å². The van der Waals surface area contributed by atoms with E-state index >= 15 is 0 Å². The van der Waals surface area contributed by atoms with Crippen molar-refractivity contribution in [2.45, 2.75) is 19.3 Å². The predicted octanol–water partition coefficient (Wildman–Crippen LogP) is 2.83. The second-order valence-electron chi connectivity index (χ2n) is 6.26. The van der Waals surface area contributed by atoms with E-state index in [1.165, 1.54) is 12.1 Å². The number of carbonyl (C=O) groups excluding carboxylic acids is 3. The number of hydrogen-bond donors (Lipinski definition) is 1. The Balaban J connectivity index is 1.55. The van der Waals surface area contributed by atoms with Crippen LogP contribution in [0.1, 0.15) is 35.2 Å². The molecule has 1 N–H and O–H groups in total. The molecule has 0 saturated carbocycles. The molecule has 0 saturated heterocycles. The summed E-state index contributed by atoms with van der Waals surface area (Å²) in [5.74, 6) is -1.09. The lowest BCUT2D eigenvalue weighted by molar-refractivity contribution is -0.132. The number of hydrogen-bond acceptors (Lipinski definition) is 5. The maximum Gasteiger partial charge on any atom is 0.339 e. The van der Waals surface area contributed by atoms with Gasteiger partial charge >= 0.3 is 5.97 Å². The number of amides is 2. The van der Waals surface area contributed by atoms with Gasteiger partial charge in [0.1, 0.15) is 0 Å². The van der Waals surface area contributed by atoms with Gasteiger partial charge in [-0.3, -0.25) is 9.59 Å². The van der Waals surface area contributed by atoms with Crippen molar-refractivity contribution in [3.63, 3.8) is 0 Å². The van der Waals surface area contributed by atoms with Crippen LogP contribution in [-0.2, 0) is 14.3 Å². The van der Waals surface area contributed by atoms with Crippen molar-refractivity contribution < 1.29 is 19.1 Å². The molecule has 0 aromatic heterocycles. The molecule has 0 radical (unpaired) electrons. The molecular formula is C21H21N3O4. The molecule has 1 aliphatic heterocycles. The molecule has 28 heavy (non-hydrogen) atoms. The Hall–Kier alpha value is -3.48. The van der Waals surface area contributed by atoms with Crippen molar-refractivity contribution in [2.75, 3.05) is 19.0 Å². The molecule has 144 valence electrons. The number of carbonyl (C=O) groups is 3. The first-order valence-corrected chi connectivity index (χ1v) is 8.99. The molecule has 0 atom stereocenters. The Bertz CT molecular complexity index is 909. The second kappa shape index (κ2) is 8.94. The van der Waals surface area contributed by atoms with Gasteiger partial charge in [0, 0.05) is 19.3 Å². The van der Waals surface area contributed by atoms with Gasteiger partial charge in [-0.15, -0.1) is 0 Å². The zero-order valence-electron chi connectivity index (χ0n) is 15.6. The topological polar surface area (TPSA) is 88.1 Å². The highest BCUT2D eigenvalue weighted by Gasteiger charge is 2.22. The number of nitrogens with zero attached hydrogens (tertiary/aromatic N) is 2. The highest BCUT2D eigenvalue weighted by molar-refractivity contribution is 6.03. The number of hydrazone groups is 1. The van der Waals surface area contributed by atoms with Crippen molar-refractivity contribution in [2.24, 2.45) is 5.10 Å². The standard InChI is InChI=1S/C21H21N3O4/c1-28-21(27)16-9-5-6-10-18(16)22-19(25)11-12-20(26)24-14-13-17(23-24)15-7-3-2-4-8-15/h2-10H,11-14H2,1H3,(H,22,25). The number of benzene rings is 2. The molecule has 2 aromatic rings. The normalized spacial score (nSPS) is 13.0. The summed E-state index contributed by atoms with van der Waals surface area (Å²) in [7, 11) is 1.28. The molecule has 0 aliphatic carbocycles. The van der Waals surface area contributed by atoms with Crippen molar-refractivity contribution in [3.05, 3.63) is 65.7 Å². The summed E-state index contributed by atoms with van der Waals surface area (Å²) in [6, 6.07) is 16.3. The van der Waals surface area contributed by atoms with Gasteiger partial charge < -0.3 is 10.1 Å². The number of nitrogens with one attached hydrogen (secondary N) is 1. The van der Waals surface area contributed by atoms with Crippen LogP contribution >= 0.6 is 0 Å². The third kappa shape index (κ3) is 4.62. The number of anilines is 1. The van der Waals surface area contributed by atoms with Gasteiger partial charge in [0.15, 0.2) is 0 Å². The molecule has 0 fully saturated rings. The maximum absolute atomic E-state index is 12.4. The third-order valence-electron chi connectivity index (χ3n) is 4.37. The van der Waals surface area contributed by atoms with E-state index in [0.717, 1.165) is 11.3 Å². The lowest BCUT2D eigenvalue weighted by atomic mass is 10.1. The molecule has 0 unspecified atom stereocenters. The number of methoxy groups -OCH3 is 1. The molecule has 7 nitrogen and oxygen atoms in total. The quantitative estimate of drug-likeness (QED) is 0.782. The van der Waals surface area contributed by atoms with Gasteiger partial charge in [-0.25, -0.2) is 9.80 Å². The molecule has 2 amide bonds. The minimum absolute atomic E-state index is 0.00102. The van der Waals surface area contributed by atoms with E-state index in [0.29, 0.717) is 18.7 Å². The van der Waals surface area contributed by atoms with Crippen LogP contribution in [0.25, 0.3) is 0 Å². The smallest absolute Gasteiger partial charge is 0.339 e. The van der Waals surface area contributed by atoms with E-state index in [-0.39, 0.29) is 30.2 Å². The van der Waals surface area contributed by atoms with Crippen LogP contribution in [0, 0.1) is 0 Å². The molecule has 0 bridgehead atoms. The van der Waals surface area contributed by atoms with Gasteiger partial charge in [-0.05, 0) is 17.7 Å². The van der Waals surface area contributed by atoms with Crippen LogP contribution in [0.4, 0.5) is 5.69 Å². The third-order valence-corrected chi connectivity index (χ3v) is 4.37. The van der Waals surface area contributed by atoms with Crippen LogP contribution in [0.15, 0.2) is 59.7 Å². The largest absolute Gasteiger partial charge is 0.465 e. The molecule has 1 aliphatic rings. The van der Waals surface area contributed by atoms with Gasteiger partial charge in [0.05, 0.1) is 30.6 Å². The lowest BCUT2D eigenvalue weighted by Gasteiger charge is -2.12. The average molecular weight is 379 g/mol. The Morgan fingerprint density at radius 2 is 1.75 bits per heavy atom. The van der Waals surface area contributed by atoms with Crippen LogP contribution in [0.5, 0.6) is 0 Å². The maximum atomic E-state index is 12.4. The Kier molecular flexibility index (Phi) is 6.16. The fraction of sp³-hybridized carbons (Fsp3) is 0.238. The molecule has 7 heteroatoms. The number of ether oxygens (including phenoxy) is 1. The summed E-state index contributed by atoms with van der Waals surface area (Å²) in [6.45, 7) is 0.510. The van der Waals surface area contributed by atoms with Crippen LogP contribution < -0.4 is 5.32 Å². The Labute approximate surface area is 163 Å². The van der Waals surface area contributed by atoms with E-state index < -0.39 is 5.97 Å². The fourth-order valence-corrected chi connectivity index (χ4v) is 2.91. The van der Waals surface area contributed by atoms with Gasteiger partial charge in [-0.1, -0.05) is 42.5 Å². The van der Waals surface area contributed by atoms with Crippen LogP contribution in [0.2, 0.25) is 0 Å². The monoisotopic (exact) mass is 379 g/mol. The van der Waals surface area contributed by atoms with E-state index in [1.807, 2.05) is 30.3 Å². The van der Waals surface area contributed by atoms with E-state index in [9.17, 15) is 14.4 Å². The molecule has 0 spiro atoms. The summed E-state index contributed by atoms with van der Waals surface area (Å²) in [6.07, 6.45) is 0.729. The lowest BCUT2D eigenvalue weighted by Crippen LogP contribution is -2.25. The number of rotatable bonds is 6. The van der Waals surface area contributed by atoms with Gasteiger partial charge in [-0.2, -0.15) is 5.10 Å². The summed E-state index contributed by atoms with van der Waals surface area (Å²) < 4.78 is 4.70.